The third kappa shape index (κ3) is 4.04. The van der Waals surface area contributed by atoms with E-state index in [2.05, 4.69) is 39.5 Å². The van der Waals surface area contributed by atoms with E-state index in [0.29, 0.717) is 5.78 Å². The summed E-state index contributed by atoms with van der Waals surface area (Å²) in [6.45, 7) is 10.7. The van der Waals surface area contributed by atoms with Gasteiger partial charge in [-0.2, -0.15) is 0 Å². The number of ketones is 1. The van der Waals surface area contributed by atoms with Gasteiger partial charge in [0.1, 0.15) is 0 Å². The number of nitrogens with one attached hydrogen (secondary N) is 2. The van der Waals surface area contributed by atoms with Crippen LogP contribution in [0.15, 0.2) is 12.1 Å². The van der Waals surface area contributed by atoms with Gasteiger partial charge in [-0.3, -0.25) is 4.79 Å². The Morgan fingerprint density at radius 1 is 1.15 bits per heavy atom. The lowest BCUT2D eigenvalue weighted by Crippen LogP contribution is -2.44. The van der Waals surface area contributed by atoms with Gasteiger partial charge in [-0.25, -0.2) is 0 Å². The number of anilines is 2. The highest BCUT2D eigenvalue weighted by Gasteiger charge is 2.31. The van der Waals surface area contributed by atoms with Crippen LogP contribution in [-0.4, -0.2) is 63.0 Å². The Hall–Kier alpha value is -1.59. The summed E-state index contributed by atoms with van der Waals surface area (Å²) in [5.74, 6) is 0.606. The van der Waals surface area contributed by atoms with Crippen molar-refractivity contribution in [3.05, 3.63) is 23.3 Å². The maximum atomic E-state index is 12.7. The number of Topliss-reactive ketones (excluding diaryl/α,β-unsaturated/α-hetero) is 1. The minimum Gasteiger partial charge on any atom is -0.383 e. The number of likely N-dealkylation sites (tertiary alicyclic amines) is 1. The summed E-state index contributed by atoms with van der Waals surface area (Å²) in [7, 11) is 0. The molecule has 5 nitrogen and oxygen atoms in total. The molecular formula is C21H32N4O. The molecule has 142 valence electrons. The predicted molar refractivity (Wildman–Crippen MR) is 107 cm³/mol. The standard InChI is InChI=1S/C21H32N4O/c1-16-19(23-8-11-24-9-2-3-10-24)14-18(21(26)17-4-5-17)15-20(16)25-12-6-22-7-13-25/h14-15,17,22-23H,2-13H2,1H3. The number of hydrogen-bond donors (Lipinski definition) is 2. The second kappa shape index (κ2) is 7.97. The van der Waals surface area contributed by atoms with Crippen LogP contribution in [0.1, 0.15) is 41.6 Å². The quantitative estimate of drug-likeness (QED) is 0.735. The van der Waals surface area contributed by atoms with Gasteiger partial charge in [0.25, 0.3) is 0 Å². The van der Waals surface area contributed by atoms with Crippen LogP contribution in [0.3, 0.4) is 0 Å². The van der Waals surface area contributed by atoms with Crippen LogP contribution in [-0.2, 0) is 0 Å². The lowest BCUT2D eigenvalue weighted by molar-refractivity contribution is 0.0967. The van der Waals surface area contributed by atoms with E-state index in [1.165, 1.54) is 37.2 Å². The molecule has 0 unspecified atom stereocenters. The summed E-state index contributed by atoms with van der Waals surface area (Å²) >= 11 is 0. The summed E-state index contributed by atoms with van der Waals surface area (Å²) < 4.78 is 0. The molecule has 0 amide bonds. The van der Waals surface area contributed by atoms with Crippen LogP contribution in [0.4, 0.5) is 11.4 Å². The monoisotopic (exact) mass is 356 g/mol. The maximum absolute atomic E-state index is 12.7. The zero-order valence-electron chi connectivity index (χ0n) is 16.0. The number of carbonyl (C=O) groups is 1. The Balaban J connectivity index is 1.53. The summed E-state index contributed by atoms with van der Waals surface area (Å²) in [6.07, 6.45) is 4.79. The number of rotatable bonds is 7. The average molecular weight is 357 g/mol. The first-order valence-electron chi connectivity index (χ1n) is 10.3. The van der Waals surface area contributed by atoms with E-state index in [4.69, 9.17) is 0 Å². The highest BCUT2D eigenvalue weighted by molar-refractivity contribution is 6.01. The van der Waals surface area contributed by atoms with Gasteiger partial charge in [0.15, 0.2) is 5.78 Å². The van der Waals surface area contributed by atoms with Crippen LogP contribution >= 0.6 is 0 Å². The van der Waals surface area contributed by atoms with Gasteiger partial charge in [0.2, 0.25) is 0 Å². The molecule has 0 atom stereocenters. The van der Waals surface area contributed by atoms with E-state index in [1.54, 1.807) is 0 Å². The number of hydrogen-bond acceptors (Lipinski definition) is 5. The van der Waals surface area contributed by atoms with Crippen LogP contribution in [0.5, 0.6) is 0 Å². The molecule has 5 heteroatoms. The molecular weight excluding hydrogens is 324 g/mol. The van der Waals surface area contributed by atoms with E-state index in [1.807, 2.05) is 0 Å². The van der Waals surface area contributed by atoms with E-state index >= 15 is 0 Å². The molecule has 3 aliphatic rings. The number of carbonyl (C=O) groups excluding carboxylic acids is 1. The Labute approximate surface area is 157 Å². The molecule has 1 aliphatic carbocycles. The molecule has 26 heavy (non-hydrogen) atoms. The Morgan fingerprint density at radius 2 is 1.88 bits per heavy atom. The summed E-state index contributed by atoms with van der Waals surface area (Å²) in [5, 5.41) is 7.06. The van der Waals surface area contributed by atoms with Gasteiger partial charge >= 0.3 is 0 Å². The molecule has 0 spiro atoms. The predicted octanol–water partition coefficient (Wildman–Crippen LogP) is 2.51. The zero-order valence-corrected chi connectivity index (χ0v) is 16.0. The first-order valence-corrected chi connectivity index (χ1v) is 10.3. The van der Waals surface area contributed by atoms with Crippen molar-refractivity contribution >= 4 is 17.2 Å². The summed E-state index contributed by atoms with van der Waals surface area (Å²) in [6, 6.07) is 4.25. The average Bonchev–Trinajstić information content (AvgIpc) is 3.40. The van der Waals surface area contributed by atoms with Crippen LogP contribution < -0.4 is 15.5 Å². The minimum absolute atomic E-state index is 0.269. The molecule has 4 rings (SSSR count). The third-order valence-electron chi connectivity index (χ3n) is 6.01. The molecule has 0 bridgehead atoms. The molecule has 2 aliphatic heterocycles. The molecule has 1 saturated carbocycles. The lowest BCUT2D eigenvalue weighted by Gasteiger charge is -2.32. The van der Waals surface area contributed by atoms with Crippen LogP contribution in [0, 0.1) is 12.8 Å². The van der Waals surface area contributed by atoms with Crippen molar-refractivity contribution in [2.24, 2.45) is 5.92 Å². The van der Waals surface area contributed by atoms with Gasteiger partial charge in [-0.1, -0.05) is 0 Å². The third-order valence-corrected chi connectivity index (χ3v) is 6.01. The van der Waals surface area contributed by atoms with Crippen molar-refractivity contribution < 1.29 is 4.79 Å². The van der Waals surface area contributed by atoms with Crippen molar-refractivity contribution in [2.45, 2.75) is 32.6 Å². The first-order chi connectivity index (χ1) is 12.7. The fourth-order valence-corrected chi connectivity index (χ4v) is 4.20. The second-order valence-electron chi connectivity index (χ2n) is 8.02. The van der Waals surface area contributed by atoms with Gasteiger partial charge in [0, 0.05) is 62.1 Å². The summed E-state index contributed by atoms with van der Waals surface area (Å²) in [4.78, 5) is 17.7. The van der Waals surface area contributed by atoms with Gasteiger partial charge in [-0.15, -0.1) is 0 Å². The molecule has 0 radical (unpaired) electrons. The molecule has 1 aromatic rings. The van der Waals surface area contributed by atoms with Crippen molar-refractivity contribution in [2.75, 3.05) is 62.6 Å². The Bertz CT molecular complexity index is 644. The highest BCUT2D eigenvalue weighted by atomic mass is 16.1. The largest absolute Gasteiger partial charge is 0.383 e. The lowest BCUT2D eigenvalue weighted by atomic mass is 10.0. The SMILES string of the molecule is Cc1c(NCCN2CCCC2)cc(C(=O)C2CC2)cc1N1CCNCC1. The van der Waals surface area contributed by atoms with Crippen molar-refractivity contribution in [3.63, 3.8) is 0 Å². The number of piperazine rings is 1. The zero-order chi connectivity index (χ0) is 17.9. The van der Waals surface area contributed by atoms with E-state index in [-0.39, 0.29) is 5.92 Å². The number of nitrogens with zero attached hydrogens (tertiary/aromatic N) is 2. The second-order valence-corrected chi connectivity index (χ2v) is 8.02. The molecule has 2 saturated heterocycles. The van der Waals surface area contributed by atoms with Gasteiger partial charge in [-0.05, 0) is 63.4 Å². The first kappa shape index (κ1) is 17.8. The smallest absolute Gasteiger partial charge is 0.166 e. The van der Waals surface area contributed by atoms with Crippen LogP contribution in [0.2, 0.25) is 0 Å². The molecule has 2 N–H and O–H groups in total. The fraction of sp³-hybridized carbons (Fsp3) is 0.667. The minimum atomic E-state index is 0.269. The fourth-order valence-electron chi connectivity index (χ4n) is 4.20. The molecule has 0 aromatic heterocycles. The Kier molecular flexibility index (Phi) is 5.46. The topological polar surface area (TPSA) is 47.6 Å². The normalized spacial score (nSPS) is 21.2. The highest BCUT2D eigenvalue weighted by Crippen LogP contribution is 2.36. The van der Waals surface area contributed by atoms with E-state index < -0.39 is 0 Å². The Morgan fingerprint density at radius 3 is 2.58 bits per heavy atom. The van der Waals surface area contributed by atoms with Crippen molar-refractivity contribution in [1.82, 2.24) is 10.2 Å². The van der Waals surface area contributed by atoms with Crippen LogP contribution in [0.25, 0.3) is 0 Å². The van der Waals surface area contributed by atoms with Crippen molar-refractivity contribution in [3.8, 4) is 0 Å². The van der Waals surface area contributed by atoms with Crippen molar-refractivity contribution in [1.29, 1.82) is 0 Å². The van der Waals surface area contributed by atoms with Gasteiger partial charge < -0.3 is 20.4 Å². The summed E-state index contributed by atoms with van der Waals surface area (Å²) in [5.41, 5.74) is 4.56. The molecule has 2 heterocycles. The van der Waals surface area contributed by atoms with E-state index in [0.717, 1.165) is 63.4 Å². The van der Waals surface area contributed by atoms with E-state index in [9.17, 15) is 4.79 Å². The molecule has 3 fully saturated rings. The molecule has 1 aromatic carbocycles. The maximum Gasteiger partial charge on any atom is 0.166 e. The number of benzene rings is 1. The van der Waals surface area contributed by atoms with Gasteiger partial charge in [0.05, 0.1) is 0 Å².